The van der Waals surface area contributed by atoms with Crippen LogP contribution in [0.15, 0.2) is 18.2 Å². The van der Waals surface area contributed by atoms with Crippen molar-refractivity contribution in [3.63, 3.8) is 0 Å². The van der Waals surface area contributed by atoms with E-state index in [-0.39, 0.29) is 0 Å². The Morgan fingerprint density at radius 3 is 2.80 bits per heavy atom. The van der Waals surface area contributed by atoms with E-state index in [1.165, 1.54) is 0 Å². The third-order valence-electron chi connectivity index (χ3n) is 1.68. The fourth-order valence-electron chi connectivity index (χ4n) is 1.00. The summed E-state index contributed by atoms with van der Waals surface area (Å²) in [6.45, 7) is 1.80. The molecule has 5 heteroatoms. The Kier molecular flexibility index (Phi) is 6.12. The molecule has 1 aromatic carbocycles. The van der Waals surface area contributed by atoms with Crippen molar-refractivity contribution < 1.29 is 9.47 Å². The first-order chi connectivity index (χ1) is 7.24. The minimum Gasteiger partial charge on any atom is -0.489 e. The first kappa shape index (κ1) is 12.9. The van der Waals surface area contributed by atoms with Crippen molar-refractivity contribution >= 4 is 39.9 Å². The highest BCUT2D eigenvalue weighted by molar-refractivity contribution is 14.1. The molecule has 0 saturated heterocycles. The molecule has 0 bridgehead atoms. The van der Waals surface area contributed by atoms with Crippen molar-refractivity contribution in [2.75, 3.05) is 30.0 Å². The molecule has 0 radical (unpaired) electrons. The zero-order valence-electron chi connectivity index (χ0n) is 8.21. The molecule has 0 spiro atoms. The summed E-state index contributed by atoms with van der Waals surface area (Å²) in [5.74, 6) is 0.612. The van der Waals surface area contributed by atoms with Gasteiger partial charge < -0.3 is 15.2 Å². The monoisotopic (exact) mass is 341 g/mol. The Morgan fingerprint density at radius 2 is 2.07 bits per heavy atom. The fourth-order valence-corrected chi connectivity index (χ4v) is 1.47. The lowest BCUT2D eigenvalue weighted by atomic mass is 10.3. The molecule has 0 fully saturated rings. The van der Waals surface area contributed by atoms with Crippen LogP contribution >= 0.6 is 34.2 Å². The number of nitrogens with two attached hydrogens (primary N) is 1. The number of halogens is 2. The molecular formula is C10H13ClINO2. The standard InChI is InChI=1S/C10H13ClINO2/c11-8-1-2-9(13)10(7-8)15-6-5-14-4-3-12/h1-2,7H,3-6,13H2. The molecule has 1 rings (SSSR count). The van der Waals surface area contributed by atoms with Gasteiger partial charge in [-0.15, -0.1) is 0 Å². The highest BCUT2D eigenvalue weighted by Gasteiger charge is 2.00. The SMILES string of the molecule is Nc1ccc(Cl)cc1OCCOCCI. The van der Waals surface area contributed by atoms with E-state index >= 15 is 0 Å². The predicted molar refractivity (Wildman–Crippen MR) is 71.1 cm³/mol. The van der Waals surface area contributed by atoms with E-state index in [0.717, 1.165) is 11.0 Å². The highest BCUT2D eigenvalue weighted by atomic mass is 127. The van der Waals surface area contributed by atoms with Crippen LogP contribution in [0.1, 0.15) is 0 Å². The van der Waals surface area contributed by atoms with Gasteiger partial charge in [-0.1, -0.05) is 34.2 Å². The van der Waals surface area contributed by atoms with Gasteiger partial charge in [-0.3, -0.25) is 0 Å². The average Bonchev–Trinajstić information content (AvgIpc) is 2.23. The van der Waals surface area contributed by atoms with Gasteiger partial charge in [0.15, 0.2) is 0 Å². The van der Waals surface area contributed by atoms with Crippen molar-refractivity contribution in [3.8, 4) is 5.75 Å². The van der Waals surface area contributed by atoms with Crippen LogP contribution in [0.3, 0.4) is 0 Å². The third-order valence-corrected chi connectivity index (χ3v) is 2.36. The minimum atomic E-state index is 0.487. The van der Waals surface area contributed by atoms with Crippen LogP contribution < -0.4 is 10.5 Å². The summed E-state index contributed by atoms with van der Waals surface area (Å²) in [5, 5.41) is 0.618. The second-order valence-electron chi connectivity index (χ2n) is 2.83. The number of benzene rings is 1. The largest absolute Gasteiger partial charge is 0.489 e. The van der Waals surface area contributed by atoms with Crippen LogP contribution in [0.5, 0.6) is 5.75 Å². The second kappa shape index (κ2) is 7.14. The van der Waals surface area contributed by atoms with Crippen molar-refractivity contribution in [1.29, 1.82) is 0 Å². The summed E-state index contributed by atoms with van der Waals surface area (Å²) >= 11 is 8.07. The third kappa shape index (κ3) is 4.90. The van der Waals surface area contributed by atoms with Gasteiger partial charge in [0.05, 0.1) is 18.9 Å². The first-order valence-electron chi connectivity index (χ1n) is 4.55. The lowest BCUT2D eigenvalue weighted by molar-refractivity contribution is 0.113. The molecule has 0 aliphatic carbocycles. The van der Waals surface area contributed by atoms with Crippen molar-refractivity contribution in [1.82, 2.24) is 0 Å². The summed E-state index contributed by atoms with van der Waals surface area (Å²) in [7, 11) is 0. The zero-order valence-corrected chi connectivity index (χ0v) is 11.1. The maximum absolute atomic E-state index is 5.81. The molecule has 84 valence electrons. The maximum Gasteiger partial charge on any atom is 0.143 e. The Bertz CT molecular complexity index is 309. The number of rotatable bonds is 6. The highest BCUT2D eigenvalue weighted by Crippen LogP contribution is 2.25. The Hall–Kier alpha value is -0.200. The van der Waals surface area contributed by atoms with Crippen LogP contribution in [-0.4, -0.2) is 24.2 Å². The number of hydrogen-bond acceptors (Lipinski definition) is 3. The van der Waals surface area contributed by atoms with E-state index in [4.69, 9.17) is 26.8 Å². The van der Waals surface area contributed by atoms with Crippen LogP contribution in [0.25, 0.3) is 0 Å². The molecule has 3 nitrogen and oxygen atoms in total. The lowest BCUT2D eigenvalue weighted by Crippen LogP contribution is -2.08. The van der Waals surface area contributed by atoms with E-state index in [9.17, 15) is 0 Å². The fraction of sp³-hybridized carbons (Fsp3) is 0.400. The van der Waals surface area contributed by atoms with E-state index in [1.54, 1.807) is 18.2 Å². The summed E-state index contributed by atoms with van der Waals surface area (Å²) in [5.41, 5.74) is 6.30. The zero-order chi connectivity index (χ0) is 11.1. The van der Waals surface area contributed by atoms with Crippen LogP contribution in [0.4, 0.5) is 5.69 Å². The summed E-state index contributed by atoms with van der Waals surface area (Å²) in [4.78, 5) is 0. The van der Waals surface area contributed by atoms with Crippen molar-refractivity contribution in [2.24, 2.45) is 0 Å². The minimum absolute atomic E-state index is 0.487. The molecule has 0 aliphatic heterocycles. The molecule has 0 amide bonds. The number of ether oxygens (including phenoxy) is 2. The molecule has 1 aromatic rings. The number of hydrogen-bond donors (Lipinski definition) is 1. The van der Waals surface area contributed by atoms with Gasteiger partial charge in [0.2, 0.25) is 0 Å². The molecule has 0 heterocycles. The molecule has 0 aliphatic rings. The molecular weight excluding hydrogens is 328 g/mol. The molecule has 0 atom stereocenters. The maximum atomic E-state index is 5.81. The number of anilines is 1. The summed E-state index contributed by atoms with van der Waals surface area (Å²) < 4.78 is 11.7. The molecule has 0 aromatic heterocycles. The second-order valence-corrected chi connectivity index (χ2v) is 4.35. The molecule has 15 heavy (non-hydrogen) atoms. The van der Waals surface area contributed by atoms with E-state index in [1.807, 2.05) is 0 Å². The van der Waals surface area contributed by atoms with Gasteiger partial charge in [-0.25, -0.2) is 0 Å². The van der Waals surface area contributed by atoms with Gasteiger partial charge in [0.25, 0.3) is 0 Å². The lowest BCUT2D eigenvalue weighted by Gasteiger charge is -2.09. The Labute approximate surface area is 108 Å². The molecule has 0 unspecified atom stereocenters. The topological polar surface area (TPSA) is 44.5 Å². The van der Waals surface area contributed by atoms with Crippen LogP contribution in [0, 0.1) is 0 Å². The molecule has 2 N–H and O–H groups in total. The average molecular weight is 342 g/mol. The van der Waals surface area contributed by atoms with Gasteiger partial charge in [-0.05, 0) is 12.1 Å². The van der Waals surface area contributed by atoms with Crippen LogP contribution in [-0.2, 0) is 4.74 Å². The Morgan fingerprint density at radius 1 is 1.27 bits per heavy atom. The number of nitrogen functional groups attached to an aromatic ring is 1. The smallest absolute Gasteiger partial charge is 0.143 e. The normalized spacial score (nSPS) is 10.3. The number of alkyl halides is 1. The quantitative estimate of drug-likeness (QED) is 0.374. The van der Waals surface area contributed by atoms with Gasteiger partial charge >= 0.3 is 0 Å². The van der Waals surface area contributed by atoms with E-state index < -0.39 is 0 Å². The first-order valence-corrected chi connectivity index (χ1v) is 6.46. The van der Waals surface area contributed by atoms with Crippen molar-refractivity contribution in [2.45, 2.75) is 0 Å². The van der Waals surface area contributed by atoms with Crippen molar-refractivity contribution in [3.05, 3.63) is 23.2 Å². The van der Waals surface area contributed by atoms with E-state index in [0.29, 0.717) is 29.7 Å². The van der Waals surface area contributed by atoms with E-state index in [2.05, 4.69) is 22.6 Å². The van der Waals surface area contributed by atoms with Gasteiger partial charge in [0.1, 0.15) is 12.4 Å². The van der Waals surface area contributed by atoms with Gasteiger partial charge in [0, 0.05) is 15.5 Å². The summed E-state index contributed by atoms with van der Waals surface area (Å²) in [6.07, 6.45) is 0. The Balaban J connectivity index is 2.33. The predicted octanol–water partition coefficient (Wildman–Crippen LogP) is 2.75. The van der Waals surface area contributed by atoms with Crippen LogP contribution in [0.2, 0.25) is 5.02 Å². The summed E-state index contributed by atoms with van der Waals surface area (Å²) in [6, 6.07) is 5.16. The van der Waals surface area contributed by atoms with Gasteiger partial charge in [-0.2, -0.15) is 0 Å². The molecule has 0 saturated carbocycles.